The molecule has 27 heavy (non-hydrogen) atoms. The summed E-state index contributed by atoms with van der Waals surface area (Å²) in [5, 5.41) is 20.3. The number of amides is 1. The van der Waals surface area contributed by atoms with Crippen LogP contribution in [-0.4, -0.2) is 67.1 Å². The van der Waals surface area contributed by atoms with Gasteiger partial charge in [0.2, 0.25) is 0 Å². The number of hydrogen-bond acceptors (Lipinski definition) is 7. The quantitative estimate of drug-likeness (QED) is 0.239. The first-order valence-corrected chi connectivity index (χ1v) is 10.6. The topological polar surface area (TPSA) is 164 Å². The summed E-state index contributed by atoms with van der Waals surface area (Å²) in [4.78, 5) is 45.6. The first kappa shape index (κ1) is 23.0. The van der Waals surface area contributed by atoms with Gasteiger partial charge >= 0.3 is 128 Å². The number of carboxylic acids is 2. The zero-order valence-corrected chi connectivity index (χ0v) is 16.9. The first-order valence-electron chi connectivity index (χ1n) is 7.78. The zero-order chi connectivity index (χ0) is 20.4. The Hall–Kier alpha value is -2.03. The van der Waals surface area contributed by atoms with Gasteiger partial charge in [-0.2, -0.15) is 0 Å². The monoisotopic (exact) mass is 458 g/mol. The van der Waals surface area contributed by atoms with Crippen LogP contribution in [0, 0.1) is 5.92 Å². The van der Waals surface area contributed by atoms with Crippen LogP contribution in [0.1, 0.15) is 12.8 Å². The molecule has 1 aromatic carbocycles. The van der Waals surface area contributed by atoms with E-state index < -0.39 is 51.8 Å². The molecule has 0 fully saturated rings. The minimum absolute atomic E-state index is 0.0665. The van der Waals surface area contributed by atoms with E-state index >= 15 is 0 Å². The Balaban J connectivity index is 2.42. The number of benzene rings is 1. The number of ketones is 1. The number of rotatable bonds is 12. The molecule has 0 heterocycles. The molecule has 146 valence electrons. The van der Waals surface area contributed by atoms with E-state index in [0.717, 1.165) is 11.8 Å². The first-order chi connectivity index (χ1) is 12.7. The van der Waals surface area contributed by atoms with Gasteiger partial charge in [0.1, 0.15) is 6.04 Å². The number of thioether (sulfide) groups is 1. The number of aliphatic carboxylic acids is 2. The van der Waals surface area contributed by atoms with Gasteiger partial charge < -0.3 is 15.9 Å². The normalized spacial score (nSPS) is 12.9. The number of hydrogen-bond donors (Lipinski definition) is 4. The fourth-order valence-electron chi connectivity index (χ4n) is 2.13. The van der Waals surface area contributed by atoms with Crippen molar-refractivity contribution >= 4 is 61.1 Å². The van der Waals surface area contributed by atoms with Crippen molar-refractivity contribution in [3.63, 3.8) is 0 Å². The van der Waals surface area contributed by atoms with Crippen molar-refractivity contribution in [2.24, 2.45) is 11.7 Å². The molecule has 0 saturated heterocycles. The Kier molecular flexibility index (Phi) is 9.91. The molecule has 1 unspecified atom stereocenters. The third kappa shape index (κ3) is 8.46. The van der Waals surface area contributed by atoms with Gasteiger partial charge in [0, 0.05) is 0 Å². The van der Waals surface area contributed by atoms with Gasteiger partial charge in [0.15, 0.2) is 0 Å². The van der Waals surface area contributed by atoms with Crippen LogP contribution < -0.4 is 15.4 Å². The van der Waals surface area contributed by atoms with E-state index in [9.17, 15) is 22.9 Å². The Morgan fingerprint density at radius 3 is 2.30 bits per heavy atom. The van der Waals surface area contributed by atoms with Gasteiger partial charge in [0.05, 0.1) is 6.42 Å². The van der Waals surface area contributed by atoms with Crippen molar-refractivity contribution in [2.45, 2.75) is 18.9 Å². The maximum absolute atomic E-state index is 12.1. The summed E-state index contributed by atoms with van der Waals surface area (Å²) in [5.74, 6) is -4.61. The van der Waals surface area contributed by atoms with E-state index in [4.69, 9.17) is 15.9 Å². The molecule has 0 aliphatic rings. The molecule has 11 heteroatoms. The summed E-state index contributed by atoms with van der Waals surface area (Å²) < 4.78 is 11.5. The molecule has 0 bridgehead atoms. The summed E-state index contributed by atoms with van der Waals surface area (Å²) in [6.07, 6.45) is -0.739. The van der Waals surface area contributed by atoms with Gasteiger partial charge in [-0.1, -0.05) is 0 Å². The number of Topliss-reactive ketones (excluding diaryl/α,β-unsaturated/α-hetero) is 1. The molecule has 9 nitrogen and oxygen atoms in total. The van der Waals surface area contributed by atoms with Crippen LogP contribution in [0.3, 0.4) is 0 Å². The molecule has 0 radical (unpaired) electrons. The van der Waals surface area contributed by atoms with E-state index in [1.54, 1.807) is 24.3 Å². The molecule has 0 spiro atoms. The molecule has 2 atom stereocenters. The molecule has 1 amide bonds. The predicted molar refractivity (Wildman–Crippen MR) is 99.4 cm³/mol. The average Bonchev–Trinajstić information content (AvgIpc) is 2.62. The second-order valence-corrected chi connectivity index (χ2v) is 8.10. The number of carbonyl (C=O) groups is 4. The van der Waals surface area contributed by atoms with Crippen molar-refractivity contribution in [3.8, 4) is 0 Å². The SMILES string of the molecule is N[C@H](C(=O)O)C(CC(=O)O)C(=O)CCSCC(=O)Nc1ccc([As]=O)cc1. The van der Waals surface area contributed by atoms with Gasteiger partial charge in [0.25, 0.3) is 0 Å². The number of nitrogens with two attached hydrogens (primary N) is 1. The van der Waals surface area contributed by atoms with Crippen molar-refractivity contribution in [2.75, 3.05) is 16.8 Å². The third-order valence-electron chi connectivity index (χ3n) is 3.51. The Morgan fingerprint density at radius 1 is 1.15 bits per heavy atom. The van der Waals surface area contributed by atoms with E-state index in [1.165, 1.54) is 0 Å². The van der Waals surface area contributed by atoms with E-state index in [1.807, 2.05) is 0 Å². The van der Waals surface area contributed by atoms with Crippen molar-refractivity contribution < 1.29 is 33.1 Å². The average molecular weight is 458 g/mol. The van der Waals surface area contributed by atoms with Gasteiger partial charge in [-0.15, -0.1) is 0 Å². The molecule has 0 aliphatic heterocycles. The van der Waals surface area contributed by atoms with Crippen LogP contribution in [0.5, 0.6) is 0 Å². The molecule has 1 aromatic rings. The summed E-state index contributed by atoms with van der Waals surface area (Å²) in [6.45, 7) is 0. The number of anilines is 1. The molecular weight excluding hydrogens is 439 g/mol. The summed E-state index contributed by atoms with van der Waals surface area (Å²) in [7, 11) is 0. The van der Waals surface area contributed by atoms with Crippen molar-refractivity contribution in [3.05, 3.63) is 24.3 Å². The van der Waals surface area contributed by atoms with Gasteiger partial charge in [-0.3, -0.25) is 9.59 Å². The van der Waals surface area contributed by atoms with Crippen molar-refractivity contribution in [1.82, 2.24) is 0 Å². The summed E-state index contributed by atoms with van der Waals surface area (Å²) >= 11 is 0.0476. The van der Waals surface area contributed by atoms with Gasteiger partial charge in [-0.05, 0) is 0 Å². The second-order valence-electron chi connectivity index (χ2n) is 5.52. The number of nitrogens with one attached hydrogen (secondary N) is 1. The minimum atomic E-state index is -1.58. The van der Waals surface area contributed by atoms with Crippen LogP contribution >= 0.6 is 11.8 Å². The van der Waals surface area contributed by atoms with Crippen LogP contribution in [0.2, 0.25) is 0 Å². The molecule has 5 N–H and O–H groups in total. The number of carbonyl (C=O) groups excluding carboxylic acids is 2. The fourth-order valence-corrected chi connectivity index (χ4v) is 3.44. The van der Waals surface area contributed by atoms with Crippen LogP contribution in [0.4, 0.5) is 5.69 Å². The Morgan fingerprint density at radius 2 is 1.78 bits per heavy atom. The predicted octanol–water partition coefficient (Wildman–Crippen LogP) is -0.505. The van der Waals surface area contributed by atoms with Crippen LogP contribution in [-0.2, 0) is 22.9 Å². The molecular formula is C16H19AsN2O7S. The van der Waals surface area contributed by atoms with Crippen LogP contribution in [0.25, 0.3) is 0 Å². The standard InChI is InChI=1S/C16H19AsN2O7S/c18-15(16(24)25)11(7-14(22)23)12(20)5-6-27-8-13(21)19-10-3-1-9(17-26)2-4-10/h1-4,11,15H,5-8,18H2,(H,19,21)(H,22,23)(H,24,25)/t11?,15-/m0/s1. The molecule has 0 aliphatic carbocycles. The van der Waals surface area contributed by atoms with E-state index in [2.05, 4.69) is 5.32 Å². The van der Waals surface area contributed by atoms with Crippen LogP contribution in [0.15, 0.2) is 24.3 Å². The van der Waals surface area contributed by atoms with Gasteiger partial charge in [-0.25, -0.2) is 0 Å². The summed E-state index contributed by atoms with van der Waals surface area (Å²) in [6, 6.07) is 5.00. The second kappa shape index (κ2) is 11.6. The summed E-state index contributed by atoms with van der Waals surface area (Å²) in [5.41, 5.74) is 5.96. The number of carboxylic acid groups (broad SMARTS) is 2. The fraction of sp³-hybridized carbons (Fsp3) is 0.375. The zero-order valence-electron chi connectivity index (χ0n) is 14.2. The Labute approximate surface area is 166 Å². The molecule has 1 rings (SSSR count). The Bertz CT molecular complexity index is 711. The maximum atomic E-state index is 12.1. The molecule has 0 aromatic heterocycles. The third-order valence-corrected chi connectivity index (χ3v) is 5.54. The molecule has 0 saturated carbocycles. The van der Waals surface area contributed by atoms with E-state index in [-0.39, 0.29) is 23.8 Å². The van der Waals surface area contributed by atoms with E-state index in [0.29, 0.717) is 10.0 Å². The van der Waals surface area contributed by atoms with Crippen molar-refractivity contribution in [1.29, 1.82) is 0 Å².